The second-order valence-electron chi connectivity index (χ2n) is 2.73. The third kappa shape index (κ3) is 0.922. The molecule has 0 spiro atoms. The van der Waals surface area contributed by atoms with Gasteiger partial charge in [0.25, 0.3) is 0 Å². The second kappa shape index (κ2) is 2.47. The Labute approximate surface area is 78.4 Å². The van der Waals surface area contributed by atoms with Crippen LogP contribution in [0.1, 0.15) is 0 Å². The molecule has 0 atom stereocenters. The molecule has 2 aliphatic heterocycles. The summed E-state index contributed by atoms with van der Waals surface area (Å²) in [4.78, 5) is 12.5. The Balaban J connectivity index is 2.56. The van der Waals surface area contributed by atoms with Crippen molar-refractivity contribution >= 4 is 22.4 Å². The first-order valence-electron chi connectivity index (χ1n) is 3.87. The summed E-state index contributed by atoms with van der Waals surface area (Å²) in [5, 5.41) is 5.13. The molecule has 1 aromatic heterocycles. The van der Waals surface area contributed by atoms with E-state index < -0.39 is 0 Å². The Morgan fingerprint density at radius 3 is 3.31 bits per heavy atom. The third-order valence-electron chi connectivity index (χ3n) is 1.97. The van der Waals surface area contributed by atoms with Gasteiger partial charge in [0.1, 0.15) is 6.33 Å². The molecule has 0 saturated heterocycles. The maximum absolute atomic E-state index is 4.37. The molecule has 0 bridgehead atoms. The summed E-state index contributed by atoms with van der Waals surface area (Å²) in [5.41, 5.74) is 2.92. The fraction of sp³-hybridized carbons (Fsp3) is 0. The van der Waals surface area contributed by atoms with E-state index in [1.54, 1.807) is 11.3 Å². The molecular weight excluding hydrogens is 182 g/mol. The van der Waals surface area contributed by atoms with E-state index in [0.29, 0.717) is 0 Å². The topological polar surface area (TPSA) is 38.7 Å². The van der Waals surface area contributed by atoms with Crippen molar-refractivity contribution in [3.05, 3.63) is 29.4 Å². The van der Waals surface area contributed by atoms with E-state index in [0.717, 1.165) is 22.3 Å². The molecule has 4 heteroatoms. The number of aromatic nitrogens is 3. The molecule has 3 heterocycles. The largest absolute Gasteiger partial charge is 0.244 e. The predicted octanol–water partition coefficient (Wildman–Crippen LogP) is 2.19. The van der Waals surface area contributed by atoms with E-state index >= 15 is 0 Å². The normalized spacial score (nSPS) is 11.1. The van der Waals surface area contributed by atoms with E-state index in [-0.39, 0.29) is 0 Å². The van der Waals surface area contributed by atoms with Crippen LogP contribution in [-0.2, 0) is 0 Å². The molecule has 3 rings (SSSR count). The van der Waals surface area contributed by atoms with Crippen LogP contribution in [0.25, 0.3) is 22.3 Å². The maximum atomic E-state index is 4.37. The van der Waals surface area contributed by atoms with E-state index in [9.17, 15) is 0 Å². The predicted molar refractivity (Wildman–Crippen MR) is 51.8 cm³/mol. The van der Waals surface area contributed by atoms with Gasteiger partial charge in [-0.05, 0) is 11.4 Å². The van der Waals surface area contributed by atoms with Crippen LogP contribution in [0.15, 0.2) is 29.4 Å². The molecule has 0 unspecified atom stereocenters. The van der Waals surface area contributed by atoms with Crippen LogP contribution in [0.5, 0.6) is 0 Å². The fourth-order valence-electron chi connectivity index (χ4n) is 1.38. The molecule has 2 aliphatic rings. The van der Waals surface area contributed by atoms with Gasteiger partial charge in [-0.15, -0.1) is 0 Å². The Hall–Kier alpha value is -1.55. The molecule has 0 aromatic carbocycles. The summed E-state index contributed by atoms with van der Waals surface area (Å²) in [5.74, 6) is 0. The summed E-state index contributed by atoms with van der Waals surface area (Å²) in [6.07, 6.45) is 3.34. The number of nitrogens with zero attached hydrogens (tertiary/aromatic N) is 3. The van der Waals surface area contributed by atoms with Crippen molar-refractivity contribution in [3.63, 3.8) is 0 Å². The highest BCUT2D eigenvalue weighted by atomic mass is 32.1. The van der Waals surface area contributed by atoms with Crippen LogP contribution in [0, 0.1) is 0 Å². The van der Waals surface area contributed by atoms with Gasteiger partial charge in [-0.25, -0.2) is 15.0 Å². The zero-order valence-corrected chi connectivity index (χ0v) is 7.45. The van der Waals surface area contributed by atoms with Crippen LogP contribution < -0.4 is 0 Å². The number of hydrogen-bond donors (Lipinski definition) is 0. The number of rotatable bonds is 0. The lowest BCUT2D eigenvalue weighted by atomic mass is 10.2. The summed E-state index contributed by atoms with van der Waals surface area (Å²) < 4.78 is 0. The standard InChI is InChI=1S/C9H5N3S/c1-2-13-4-7-6-3-10-5-11-9(6)12-8(1)7/h1-5H. The molecule has 0 amide bonds. The zero-order chi connectivity index (χ0) is 8.67. The first-order valence-corrected chi connectivity index (χ1v) is 4.81. The van der Waals surface area contributed by atoms with Crippen molar-refractivity contribution in [1.82, 2.24) is 15.0 Å². The van der Waals surface area contributed by atoms with Crippen LogP contribution in [0.3, 0.4) is 0 Å². The summed E-state index contributed by atoms with van der Waals surface area (Å²) in [6.45, 7) is 0. The average molecular weight is 187 g/mol. The van der Waals surface area contributed by atoms with Crippen molar-refractivity contribution in [3.8, 4) is 11.3 Å². The summed E-state index contributed by atoms with van der Waals surface area (Å²) in [7, 11) is 0. The molecule has 0 aliphatic carbocycles. The molecule has 1 aromatic rings. The minimum atomic E-state index is 0.781. The van der Waals surface area contributed by atoms with Crippen molar-refractivity contribution < 1.29 is 0 Å². The van der Waals surface area contributed by atoms with Crippen molar-refractivity contribution in [2.24, 2.45) is 0 Å². The fourth-order valence-corrected chi connectivity index (χ4v) is 2.05. The summed E-state index contributed by atoms with van der Waals surface area (Å²) >= 11 is 1.66. The Morgan fingerprint density at radius 1 is 1.31 bits per heavy atom. The van der Waals surface area contributed by atoms with Gasteiger partial charge < -0.3 is 0 Å². The summed E-state index contributed by atoms with van der Waals surface area (Å²) in [6, 6.07) is 2.00. The van der Waals surface area contributed by atoms with E-state index in [4.69, 9.17) is 0 Å². The number of fused-ring (bicyclic) bond motifs is 3. The highest BCUT2D eigenvalue weighted by Gasteiger charge is 2.10. The SMILES string of the molecule is c1ncc2c3csccc-3nc2n1. The van der Waals surface area contributed by atoms with Crippen molar-refractivity contribution in [1.29, 1.82) is 0 Å². The van der Waals surface area contributed by atoms with Crippen LogP contribution in [-0.4, -0.2) is 15.0 Å². The molecule has 0 radical (unpaired) electrons. The number of hydrogen-bond acceptors (Lipinski definition) is 4. The molecule has 0 N–H and O–H groups in total. The van der Waals surface area contributed by atoms with Crippen molar-refractivity contribution in [2.75, 3.05) is 0 Å². The smallest absolute Gasteiger partial charge is 0.163 e. The van der Waals surface area contributed by atoms with Gasteiger partial charge in [0, 0.05) is 22.5 Å². The average Bonchev–Trinajstić information content (AvgIpc) is 2.56. The monoisotopic (exact) mass is 187 g/mol. The van der Waals surface area contributed by atoms with Gasteiger partial charge in [0.05, 0.1) is 5.69 Å². The Kier molecular flexibility index (Phi) is 1.31. The molecular formula is C9H5N3S. The lowest BCUT2D eigenvalue weighted by Crippen LogP contribution is -1.75. The molecule has 62 valence electrons. The van der Waals surface area contributed by atoms with Gasteiger partial charge in [-0.2, -0.15) is 11.3 Å². The van der Waals surface area contributed by atoms with Gasteiger partial charge in [0.15, 0.2) is 5.65 Å². The van der Waals surface area contributed by atoms with E-state index in [1.165, 1.54) is 6.33 Å². The second-order valence-corrected chi connectivity index (χ2v) is 3.51. The molecule has 0 fully saturated rings. The van der Waals surface area contributed by atoms with Gasteiger partial charge in [-0.3, -0.25) is 0 Å². The third-order valence-corrected chi connectivity index (χ3v) is 2.64. The Bertz CT molecular complexity index is 531. The molecule has 13 heavy (non-hydrogen) atoms. The van der Waals surface area contributed by atoms with Crippen LogP contribution in [0.4, 0.5) is 0 Å². The minimum absolute atomic E-state index is 0.781. The highest BCUT2D eigenvalue weighted by molar-refractivity contribution is 7.08. The lowest BCUT2D eigenvalue weighted by Gasteiger charge is -1.92. The maximum Gasteiger partial charge on any atom is 0.163 e. The van der Waals surface area contributed by atoms with Gasteiger partial charge in [-0.1, -0.05) is 0 Å². The van der Waals surface area contributed by atoms with Gasteiger partial charge in [0.2, 0.25) is 0 Å². The van der Waals surface area contributed by atoms with E-state index in [1.807, 2.05) is 17.6 Å². The van der Waals surface area contributed by atoms with E-state index in [2.05, 4.69) is 20.3 Å². The molecule has 0 saturated carbocycles. The van der Waals surface area contributed by atoms with Crippen LogP contribution >= 0.6 is 11.3 Å². The molecule has 3 nitrogen and oxygen atoms in total. The zero-order valence-electron chi connectivity index (χ0n) is 6.64. The highest BCUT2D eigenvalue weighted by Crippen LogP contribution is 2.29. The first-order chi connectivity index (χ1) is 6.45. The quantitative estimate of drug-likeness (QED) is 0.541. The van der Waals surface area contributed by atoms with Gasteiger partial charge >= 0.3 is 0 Å². The minimum Gasteiger partial charge on any atom is -0.244 e. The first kappa shape index (κ1) is 6.91. The van der Waals surface area contributed by atoms with Crippen molar-refractivity contribution in [2.45, 2.75) is 0 Å². The lowest BCUT2D eigenvalue weighted by molar-refractivity contribution is 1.20. The Morgan fingerprint density at radius 2 is 2.31 bits per heavy atom. The van der Waals surface area contributed by atoms with Crippen LogP contribution in [0.2, 0.25) is 0 Å².